The van der Waals surface area contributed by atoms with Gasteiger partial charge in [0, 0.05) is 5.56 Å². The van der Waals surface area contributed by atoms with Crippen LogP contribution in [0.3, 0.4) is 0 Å². The van der Waals surface area contributed by atoms with Crippen LogP contribution in [0.2, 0.25) is 0 Å². The van der Waals surface area contributed by atoms with Gasteiger partial charge in [-0.2, -0.15) is 0 Å². The SMILES string of the molecule is CCOC(=O)C(C(=O)c1ccc(OC)cc1)C1OCCc2ccccc21. The molecule has 0 aromatic heterocycles. The molecule has 0 amide bonds. The molecule has 5 heteroatoms. The van der Waals surface area contributed by atoms with Gasteiger partial charge in [0.15, 0.2) is 11.7 Å². The second kappa shape index (κ2) is 8.15. The number of methoxy groups -OCH3 is 1. The van der Waals surface area contributed by atoms with E-state index in [1.165, 1.54) is 0 Å². The highest BCUT2D eigenvalue weighted by molar-refractivity contribution is 6.09. The van der Waals surface area contributed by atoms with Crippen LogP contribution in [0.25, 0.3) is 0 Å². The molecule has 1 heterocycles. The van der Waals surface area contributed by atoms with Crippen molar-refractivity contribution in [2.45, 2.75) is 19.4 Å². The van der Waals surface area contributed by atoms with Gasteiger partial charge in [-0.05, 0) is 48.7 Å². The molecule has 2 aromatic carbocycles. The van der Waals surface area contributed by atoms with Crippen LogP contribution in [0.15, 0.2) is 48.5 Å². The molecular formula is C21H22O5. The van der Waals surface area contributed by atoms with Crippen molar-refractivity contribution < 1.29 is 23.8 Å². The lowest BCUT2D eigenvalue weighted by atomic mass is 9.84. The van der Waals surface area contributed by atoms with Gasteiger partial charge < -0.3 is 14.2 Å². The molecule has 1 aliphatic rings. The van der Waals surface area contributed by atoms with Crippen molar-refractivity contribution in [3.05, 3.63) is 65.2 Å². The van der Waals surface area contributed by atoms with Crippen molar-refractivity contribution in [1.82, 2.24) is 0 Å². The molecule has 2 atom stereocenters. The quantitative estimate of drug-likeness (QED) is 0.452. The van der Waals surface area contributed by atoms with Gasteiger partial charge in [-0.25, -0.2) is 0 Å². The average molecular weight is 354 g/mol. The Morgan fingerprint density at radius 2 is 1.88 bits per heavy atom. The van der Waals surface area contributed by atoms with E-state index < -0.39 is 18.0 Å². The summed E-state index contributed by atoms with van der Waals surface area (Å²) in [6, 6.07) is 14.5. The maximum absolute atomic E-state index is 13.1. The minimum absolute atomic E-state index is 0.208. The van der Waals surface area contributed by atoms with Gasteiger partial charge in [0.25, 0.3) is 0 Å². The Hall–Kier alpha value is -2.66. The summed E-state index contributed by atoms with van der Waals surface area (Å²) >= 11 is 0. The van der Waals surface area contributed by atoms with E-state index in [-0.39, 0.29) is 12.4 Å². The zero-order chi connectivity index (χ0) is 18.5. The number of benzene rings is 2. The summed E-state index contributed by atoms with van der Waals surface area (Å²) in [5.41, 5.74) is 2.40. The Kier molecular flexibility index (Phi) is 5.68. The molecule has 136 valence electrons. The van der Waals surface area contributed by atoms with E-state index in [0.717, 1.165) is 17.5 Å². The number of ketones is 1. The standard InChI is InChI=1S/C21H22O5/c1-3-25-21(23)18(19(22)15-8-10-16(24-2)11-9-15)20-17-7-5-4-6-14(17)12-13-26-20/h4-11,18,20H,3,12-13H2,1-2H3. The van der Waals surface area contributed by atoms with Crippen LogP contribution >= 0.6 is 0 Å². The van der Waals surface area contributed by atoms with Crippen molar-refractivity contribution in [3.63, 3.8) is 0 Å². The molecule has 1 aliphatic heterocycles. The van der Waals surface area contributed by atoms with Crippen molar-refractivity contribution in [2.75, 3.05) is 20.3 Å². The number of hydrogen-bond acceptors (Lipinski definition) is 5. The van der Waals surface area contributed by atoms with Gasteiger partial charge in [-0.3, -0.25) is 9.59 Å². The fourth-order valence-electron chi connectivity index (χ4n) is 3.24. The van der Waals surface area contributed by atoms with Gasteiger partial charge in [0.2, 0.25) is 0 Å². The van der Waals surface area contributed by atoms with Crippen LogP contribution in [-0.2, 0) is 20.7 Å². The van der Waals surface area contributed by atoms with Crippen molar-refractivity contribution in [2.24, 2.45) is 5.92 Å². The number of ether oxygens (including phenoxy) is 3. The van der Waals surface area contributed by atoms with Crippen LogP contribution < -0.4 is 4.74 Å². The number of rotatable bonds is 6. The normalized spacial score (nSPS) is 17.1. The Labute approximate surface area is 152 Å². The number of carbonyl (C=O) groups excluding carboxylic acids is 2. The Bertz CT molecular complexity index is 781. The van der Waals surface area contributed by atoms with Gasteiger partial charge in [0.05, 0.1) is 20.3 Å². The average Bonchev–Trinajstić information content (AvgIpc) is 2.68. The predicted octanol–water partition coefficient (Wildman–Crippen LogP) is 3.37. The van der Waals surface area contributed by atoms with E-state index >= 15 is 0 Å². The van der Waals surface area contributed by atoms with Gasteiger partial charge in [0.1, 0.15) is 11.9 Å². The van der Waals surface area contributed by atoms with Gasteiger partial charge in [-0.15, -0.1) is 0 Å². The fourth-order valence-corrected chi connectivity index (χ4v) is 3.24. The molecule has 0 aliphatic carbocycles. The highest BCUT2D eigenvalue weighted by atomic mass is 16.5. The van der Waals surface area contributed by atoms with E-state index in [4.69, 9.17) is 14.2 Å². The van der Waals surface area contributed by atoms with Gasteiger partial charge >= 0.3 is 5.97 Å². The zero-order valence-corrected chi connectivity index (χ0v) is 14.9. The molecule has 0 bridgehead atoms. The fraction of sp³-hybridized carbons (Fsp3) is 0.333. The topological polar surface area (TPSA) is 61.8 Å². The monoisotopic (exact) mass is 354 g/mol. The first-order valence-electron chi connectivity index (χ1n) is 8.70. The molecule has 0 spiro atoms. The predicted molar refractivity (Wildman–Crippen MR) is 96.3 cm³/mol. The summed E-state index contributed by atoms with van der Waals surface area (Å²) in [6.45, 7) is 2.40. The second-order valence-electron chi connectivity index (χ2n) is 6.06. The molecular weight excluding hydrogens is 332 g/mol. The van der Waals surface area contributed by atoms with Crippen LogP contribution in [0.5, 0.6) is 5.75 Å². The molecule has 0 fully saturated rings. The molecule has 0 N–H and O–H groups in total. The molecule has 2 unspecified atom stereocenters. The van der Waals surface area contributed by atoms with Crippen LogP contribution in [-0.4, -0.2) is 32.1 Å². The first-order valence-corrected chi connectivity index (χ1v) is 8.70. The van der Waals surface area contributed by atoms with E-state index in [9.17, 15) is 9.59 Å². The lowest BCUT2D eigenvalue weighted by Crippen LogP contribution is -2.35. The Morgan fingerprint density at radius 3 is 2.58 bits per heavy atom. The minimum atomic E-state index is -1.04. The third kappa shape index (κ3) is 3.63. The third-order valence-corrected chi connectivity index (χ3v) is 4.53. The summed E-state index contributed by atoms with van der Waals surface area (Å²) in [5.74, 6) is -1.26. The van der Waals surface area contributed by atoms with Crippen LogP contribution in [0, 0.1) is 5.92 Å². The molecule has 5 nitrogen and oxygen atoms in total. The highest BCUT2D eigenvalue weighted by Crippen LogP contribution is 2.35. The maximum Gasteiger partial charge on any atom is 0.319 e. The molecule has 0 saturated heterocycles. The summed E-state index contributed by atoms with van der Waals surface area (Å²) < 4.78 is 16.2. The lowest BCUT2D eigenvalue weighted by molar-refractivity contribution is -0.151. The van der Waals surface area contributed by atoms with Crippen molar-refractivity contribution >= 4 is 11.8 Å². The number of esters is 1. The van der Waals surface area contributed by atoms with Gasteiger partial charge in [-0.1, -0.05) is 24.3 Å². The third-order valence-electron chi connectivity index (χ3n) is 4.53. The first kappa shape index (κ1) is 18.1. The molecule has 3 rings (SSSR count). The molecule has 0 saturated carbocycles. The molecule has 26 heavy (non-hydrogen) atoms. The molecule has 0 radical (unpaired) electrons. The molecule has 2 aromatic rings. The summed E-state index contributed by atoms with van der Waals surface area (Å²) in [6.07, 6.45) is 0.118. The summed E-state index contributed by atoms with van der Waals surface area (Å²) in [4.78, 5) is 25.8. The minimum Gasteiger partial charge on any atom is -0.497 e. The second-order valence-corrected chi connectivity index (χ2v) is 6.06. The number of fused-ring (bicyclic) bond motifs is 1. The lowest BCUT2D eigenvalue weighted by Gasteiger charge is -2.30. The van der Waals surface area contributed by atoms with E-state index in [1.807, 2.05) is 24.3 Å². The van der Waals surface area contributed by atoms with E-state index in [0.29, 0.717) is 17.9 Å². The van der Waals surface area contributed by atoms with Crippen LogP contribution in [0.4, 0.5) is 0 Å². The van der Waals surface area contributed by atoms with E-state index in [2.05, 4.69) is 0 Å². The summed E-state index contributed by atoms with van der Waals surface area (Å²) in [7, 11) is 1.56. The number of carbonyl (C=O) groups is 2. The van der Waals surface area contributed by atoms with Crippen LogP contribution in [0.1, 0.15) is 34.5 Å². The van der Waals surface area contributed by atoms with Crippen molar-refractivity contribution in [3.8, 4) is 5.75 Å². The van der Waals surface area contributed by atoms with Crippen molar-refractivity contribution in [1.29, 1.82) is 0 Å². The Balaban J connectivity index is 1.98. The number of Topliss-reactive ketones (excluding diaryl/α,β-unsaturated/α-hetero) is 1. The largest absolute Gasteiger partial charge is 0.497 e. The van der Waals surface area contributed by atoms with E-state index in [1.54, 1.807) is 38.3 Å². The zero-order valence-electron chi connectivity index (χ0n) is 14.9. The maximum atomic E-state index is 13.1. The highest BCUT2D eigenvalue weighted by Gasteiger charge is 2.40. The number of hydrogen-bond donors (Lipinski definition) is 0. The Morgan fingerprint density at radius 1 is 1.15 bits per heavy atom. The first-order chi connectivity index (χ1) is 12.7. The smallest absolute Gasteiger partial charge is 0.319 e. The summed E-state index contributed by atoms with van der Waals surface area (Å²) in [5, 5.41) is 0.